The Balaban J connectivity index is 2.03. The van der Waals surface area contributed by atoms with Crippen LogP contribution in [0.25, 0.3) is 11.5 Å². The highest BCUT2D eigenvalue weighted by atomic mass is 16.5. The van der Waals surface area contributed by atoms with Gasteiger partial charge in [-0.25, -0.2) is 0 Å². The van der Waals surface area contributed by atoms with Crippen molar-refractivity contribution >= 4 is 0 Å². The third-order valence-electron chi connectivity index (χ3n) is 2.71. The van der Waals surface area contributed by atoms with Crippen LogP contribution in [-0.2, 0) is 6.42 Å². The van der Waals surface area contributed by atoms with Gasteiger partial charge in [-0.3, -0.25) is 0 Å². The minimum atomic E-state index is 0.400. The highest BCUT2D eigenvalue weighted by Crippen LogP contribution is 2.13. The molecule has 2 aromatic rings. The fraction of sp³-hybridized carbons (Fsp3) is 0.500. The first-order valence-electron chi connectivity index (χ1n) is 6.03. The molecule has 2 heterocycles. The quantitative estimate of drug-likeness (QED) is 0.802. The molecule has 2 rings (SSSR count). The van der Waals surface area contributed by atoms with Gasteiger partial charge in [-0.15, -0.1) is 0 Å². The van der Waals surface area contributed by atoms with Crippen LogP contribution in [0.5, 0.6) is 0 Å². The lowest BCUT2D eigenvalue weighted by Gasteiger charge is -2.12. The predicted molar refractivity (Wildman–Crippen MR) is 65.5 cm³/mol. The Bertz CT molecular complexity index is 435. The van der Waals surface area contributed by atoms with Crippen LogP contribution in [0.3, 0.4) is 0 Å². The van der Waals surface area contributed by atoms with E-state index in [0.717, 1.165) is 25.1 Å². The first kappa shape index (κ1) is 11.9. The minimum absolute atomic E-state index is 0.400. The van der Waals surface area contributed by atoms with Crippen LogP contribution in [0.2, 0.25) is 0 Å². The van der Waals surface area contributed by atoms with Crippen LogP contribution in [0.1, 0.15) is 26.2 Å². The molecule has 0 aromatic carbocycles. The standard InChI is InChI=1S/C12H18N4O/c1-3-9(13-4-2)8-11-15-12(16-17-11)10-6-5-7-14-10/h5-7,9,13-14H,3-4,8H2,1-2H3. The molecule has 1 atom stereocenters. The zero-order chi connectivity index (χ0) is 12.1. The number of rotatable bonds is 6. The largest absolute Gasteiger partial charge is 0.359 e. The van der Waals surface area contributed by atoms with Gasteiger partial charge < -0.3 is 14.8 Å². The summed E-state index contributed by atoms with van der Waals surface area (Å²) >= 11 is 0. The van der Waals surface area contributed by atoms with Gasteiger partial charge in [0.05, 0.1) is 5.69 Å². The molecule has 0 saturated carbocycles. The summed E-state index contributed by atoms with van der Waals surface area (Å²) in [6, 6.07) is 4.24. The average Bonchev–Trinajstić information content (AvgIpc) is 2.98. The lowest BCUT2D eigenvalue weighted by molar-refractivity contribution is 0.355. The molecule has 5 heteroatoms. The van der Waals surface area contributed by atoms with E-state index in [1.807, 2.05) is 18.3 Å². The van der Waals surface area contributed by atoms with Crippen molar-refractivity contribution in [2.45, 2.75) is 32.7 Å². The van der Waals surface area contributed by atoms with Gasteiger partial charge in [-0.2, -0.15) is 4.98 Å². The van der Waals surface area contributed by atoms with Crippen LogP contribution in [0.4, 0.5) is 0 Å². The van der Waals surface area contributed by atoms with Gasteiger partial charge in [0.1, 0.15) is 0 Å². The van der Waals surface area contributed by atoms with Gasteiger partial charge in [0, 0.05) is 18.7 Å². The molecule has 0 aliphatic carbocycles. The zero-order valence-electron chi connectivity index (χ0n) is 10.2. The van der Waals surface area contributed by atoms with Crippen molar-refractivity contribution in [3.05, 3.63) is 24.2 Å². The van der Waals surface area contributed by atoms with Crippen LogP contribution in [0, 0.1) is 0 Å². The number of nitrogens with one attached hydrogen (secondary N) is 2. The topological polar surface area (TPSA) is 66.7 Å². The van der Waals surface area contributed by atoms with Gasteiger partial charge in [0.25, 0.3) is 0 Å². The van der Waals surface area contributed by atoms with Crippen molar-refractivity contribution in [1.29, 1.82) is 0 Å². The predicted octanol–water partition coefficient (Wildman–Crippen LogP) is 2.00. The Morgan fingerprint density at radius 2 is 2.35 bits per heavy atom. The highest BCUT2D eigenvalue weighted by molar-refractivity contribution is 5.47. The van der Waals surface area contributed by atoms with E-state index in [0.29, 0.717) is 17.8 Å². The first-order valence-corrected chi connectivity index (χ1v) is 6.03. The number of likely N-dealkylation sites (N-methyl/N-ethyl adjacent to an activating group) is 1. The second-order valence-corrected chi connectivity index (χ2v) is 3.96. The highest BCUT2D eigenvalue weighted by Gasteiger charge is 2.13. The maximum absolute atomic E-state index is 5.25. The van der Waals surface area contributed by atoms with E-state index < -0.39 is 0 Å². The molecule has 5 nitrogen and oxygen atoms in total. The SMILES string of the molecule is CCNC(CC)Cc1nc(-c2ccc[nH]2)no1. The smallest absolute Gasteiger partial charge is 0.228 e. The summed E-state index contributed by atoms with van der Waals surface area (Å²) in [5, 5.41) is 7.35. The van der Waals surface area contributed by atoms with Crippen LogP contribution in [-0.4, -0.2) is 27.7 Å². The molecule has 0 radical (unpaired) electrons. The molecule has 92 valence electrons. The molecule has 0 fully saturated rings. The van der Waals surface area contributed by atoms with Crippen molar-refractivity contribution in [2.75, 3.05) is 6.54 Å². The van der Waals surface area contributed by atoms with Crippen molar-refractivity contribution in [3.63, 3.8) is 0 Å². The molecule has 0 bridgehead atoms. The Morgan fingerprint density at radius 1 is 1.47 bits per heavy atom. The molecule has 0 aliphatic heterocycles. The molecule has 17 heavy (non-hydrogen) atoms. The van der Waals surface area contributed by atoms with E-state index in [1.54, 1.807) is 0 Å². The Labute approximate surface area is 101 Å². The molecular weight excluding hydrogens is 216 g/mol. The van der Waals surface area contributed by atoms with Crippen LogP contribution in [0.15, 0.2) is 22.9 Å². The maximum Gasteiger partial charge on any atom is 0.228 e. The molecule has 1 unspecified atom stereocenters. The molecular formula is C12H18N4O. The van der Waals surface area contributed by atoms with Gasteiger partial charge in [0.15, 0.2) is 0 Å². The number of hydrogen-bond donors (Lipinski definition) is 2. The molecule has 0 saturated heterocycles. The van der Waals surface area contributed by atoms with E-state index in [-0.39, 0.29) is 0 Å². The Kier molecular flexibility index (Phi) is 3.93. The third kappa shape index (κ3) is 2.94. The number of hydrogen-bond acceptors (Lipinski definition) is 4. The fourth-order valence-electron chi connectivity index (χ4n) is 1.78. The van der Waals surface area contributed by atoms with Crippen LogP contribution < -0.4 is 5.32 Å². The van der Waals surface area contributed by atoms with E-state index in [2.05, 4.69) is 34.3 Å². The van der Waals surface area contributed by atoms with E-state index >= 15 is 0 Å². The molecule has 2 N–H and O–H groups in total. The van der Waals surface area contributed by atoms with Crippen molar-refractivity contribution in [3.8, 4) is 11.5 Å². The second-order valence-electron chi connectivity index (χ2n) is 3.96. The average molecular weight is 234 g/mol. The van der Waals surface area contributed by atoms with Gasteiger partial charge >= 0.3 is 0 Å². The van der Waals surface area contributed by atoms with Crippen molar-refractivity contribution < 1.29 is 4.52 Å². The lowest BCUT2D eigenvalue weighted by atomic mass is 10.1. The maximum atomic E-state index is 5.25. The molecule has 0 amide bonds. The summed E-state index contributed by atoms with van der Waals surface area (Å²) in [6.45, 7) is 5.20. The van der Waals surface area contributed by atoms with Crippen molar-refractivity contribution in [2.24, 2.45) is 0 Å². The van der Waals surface area contributed by atoms with E-state index in [1.165, 1.54) is 0 Å². The number of nitrogens with zero attached hydrogens (tertiary/aromatic N) is 2. The third-order valence-corrected chi connectivity index (χ3v) is 2.71. The molecule has 0 spiro atoms. The summed E-state index contributed by atoms with van der Waals surface area (Å²) < 4.78 is 5.25. The number of aromatic nitrogens is 3. The van der Waals surface area contributed by atoms with Crippen molar-refractivity contribution in [1.82, 2.24) is 20.4 Å². The molecule has 0 aliphatic rings. The number of aromatic amines is 1. The summed E-state index contributed by atoms with van der Waals surface area (Å²) in [4.78, 5) is 7.43. The monoisotopic (exact) mass is 234 g/mol. The Morgan fingerprint density at radius 3 is 3.00 bits per heavy atom. The van der Waals surface area contributed by atoms with Gasteiger partial charge in [-0.05, 0) is 25.1 Å². The first-order chi connectivity index (χ1) is 8.33. The Hall–Kier alpha value is -1.62. The van der Waals surface area contributed by atoms with E-state index in [4.69, 9.17) is 4.52 Å². The summed E-state index contributed by atoms with van der Waals surface area (Å²) in [5.41, 5.74) is 0.886. The lowest BCUT2D eigenvalue weighted by Crippen LogP contribution is -2.30. The normalized spacial score (nSPS) is 12.8. The summed E-state index contributed by atoms with van der Waals surface area (Å²) in [7, 11) is 0. The summed E-state index contributed by atoms with van der Waals surface area (Å²) in [5.74, 6) is 1.30. The molecule has 2 aromatic heterocycles. The van der Waals surface area contributed by atoms with E-state index in [9.17, 15) is 0 Å². The summed E-state index contributed by atoms with van der Waals surface area (Å²) in [6.07, 6.45) is 3.67. The zero-order valence-corrected chi connectivity index (χ0v) is 10.2. The fourth-order valence-corrected chi connectivity index (χ4v) is 1.78. The van der Waals surface area contributed by atoms with Gasteiger partial charge in [-0.1, -0.05) is 19.0 Å². The second kappa shape index (κ2) is 5.63. The van der Waals surface area contributed by atoms with Crippen LogP contribution >= 0.6 is 0 Å². The minimum Gasteiger partial charge on any atom is -0.359 e. The number of H-pyrrole nitrogens is 1. The van der Waals surface area contributed by atoms with Gasteiger partial charge in [0.2, 0.25) is 11.7 Å².